The standard InChI is InChI=1S/C13H14F3S.ClH/c1-3-9-6-5-7-12-11(9)8-10(4-2)17(12)13(14,15)16;/h5-8H,3-4H2,1-2H3;1H/q+1;/p-1. The highest BCUT2D eigenvalue weighted by atomic mass is 35.5. The second kappa shape index (κ2) is 5.49. The Hall–Kier alpha value is -0.740. The highest BCUT2D eigenvalue weighted by Gasteiger charge is 2.47. The molecular formula is C13H14ClF3S. The normalized spacial score (nSPS) is 12.6. The molecule has 1 heterocycles. The van der Waals surface area contributed by atoms with E-state index in [9.17, 15) is 13.2 Å². The van der Waals surface area contributed by atoms with Crippen LogP contribution in [0.25, 0.3) is 10.1 Å². The van der Waals surface area contributed by atoms with Gasteiger partial charge >= 0.3 is 5.51 Å². The summed E-state index contributed by atoms with van der Waals surface area (Å²) in [5, 5.41) is 0.799. The van der Waals surface area contributed by atoms with Crippen molar-refractivity contribution >= 4 is 20.6 Å². The van der Waals surface area contributed by atoms with Crippen LogP contribution in [0.1, 0.15) is 24.3 Å². The van der Waals surface area contributed by atoms with Gasteiger partial charge in [0.1, 0.15) is 0 Å². The molecule has 0 aliphatic rings. The highest BCUT2D eigenvalue weighted by Crippen LogP contribution is 2.51. The third kappa shape index (κ3) is 2.50. The van der Waals surface area contributed by atoms with E-state index in [2.05, 4.69) is 0 Å². The van der Waals surface area contributed by atoms with Gasteiger partial charge in [-0.25, -0.2) is 0 Å². The summed E-state index contributed by atoms with van der Waals surface area (Å²) >= 11 is 0. The van der Waals surface area contributed by atoms with E-state index in [-0.39, 0.29) is 12.4 Å². The van der Waals surface area contributed by atoms with Gasteiger partial charge in [0, 0.05) is 17.9 Å². The van der Waals surface area contributed by atoms with Crippen molar-refractivity contribution in [3.63, 3.8) is 0 Å². The van der Waals surface area contributed by atoms with Gasteiger partial charge in [-0.05, 0) is 18.1 Å². The smallest absolute Gasteiger partial charge is 0.600 e. The van der Waals surface area contributed by atoms with Gasteiger partial charge in [-0.15, -0.1) is 13.2 Å². The zero-order chi connectivity index (χ0) is 12.6. The summed E-state index contributed by atoms with van der Waals surface area (Å²) in [5.41, 5.74) is -3.15. The van der Waals surface area contributed by atoms with Crippen molar-refractivity contribution in [1.29, 1.82) is 0 Å². The number of thiophene rings is 1. The molecule has 0 spiro atoms. The monoisotopic (exact) mass is 294 g/mol. The van der Waals surface area contributed by atoms with Crippen molar-refractivity contribution in [2.75, 3.05) is 0 Å². The first kappa shape index (κ1) is 15.3. The molecule has 1 atom stereocenters. The van der Waals surface area contributed by atoms with Gasteiger partial charge in [-0.1, -0.05) is 26.0 Å². The zero-order valence-electron chi connectivity index (χ0n) is 10.1. The largest absolute Gasteiger partial charge is 1.00 e. The lowest BCUT2D eigenvalue weighted by Gasteiger charge is -1.99. The predicted octanol–water partition coefficient (Wildman–Crippen LogP) is 2.19. The van der Waals surface area contributed by atoms with E-state index in [1.807, 2.05) is 13.0 Å². The Morgan fingerprint density at radius 1 is 1.11 bits per heavy atom. The van der Waals surface area contributed by atoms with Crippen LogP contribution in [0, 0.1) is 0 Å². The summed E-state index contributed by atoms with van der Waals surface area (Å²) in [4.78, 5) is 0.508. The Kier molecular flexibility index (Phi) is 4.67. The minimum absolute atomic E-state index is 0. The van der Waals surface area contributed by atoms with Crippen LogP contribution >= 0.6 is 10.5 Å². The number of fused-ring (bicyclic) bond motifs is 1. The first-order valence-electron chi connectivity index (χ1n) is 5.62. The van der Waals surface area contributed by atoms with E-state index in [1.165, 1.54) is 0 Å². The van der Waals surface area contributed by atoms with Crippen molar-refractivity contribution < 1.29 is 25.6 Å². The van der Waals surface area contributed by atoms with Crippen molar-refractivity contribution in [1.82, 2.24) is 0 Å². The summed E-state index contributed by atoms with van der Waals surface area (Å²) in [5.74, 6) is 0. The van der Waals surface area contributed by atoms with Crippen LogP contribution in [-0.2, 0) is 18.3 Å². The minimum Gasteiger partial charge on any atom is -1.00 e. The summed E-state index contributed by atoms with van der Waals surface area (Å²) in [6, 6.07) is 7.00. The average molecular weight is 295 g/mol. The molecule has 0 saturated carbocycles. The molecule has 1 aromatic heterocycles. The van der Waals surface area contributed by atoms with Gasteiger partial charge in [-0.2, -0.15) is 0 Å². The van der Waals surface area contributed by atoms with Gasteiger partial charge in [-0.3, -0.25) is 0 Å². The molecule has 100 valence electrons. The maximum Gasteiger partial charge on any atom is 0.600 e. The Bertz CT molecular complexity index is 543. The summed E-state index contributed by atoms with van der Waals surface area (Å²) in [6.45, 7) is 3.76. The van der Waals surface area contributed by atoms with Crippen molar-refractivity contribution in [3.8, 4) is 0 Å². The number of halogens is 4. The minimum atomic E-state index is -4.15. The number of rotatable bonds is 2. The van der Waals surface area contributed by atoms with Crippen LogP contribution in [-0.4, -0.2) is 0 Å². The quantitative estimate of drug-likeness (QED) is 0.745. The van der Waals surface area contributed by atoms with Gasteiger partial charge in [0.15, 0.2) is 9.58 Å². The van der Waals surface area contributed by atoms with Crippen molar-refractivity contribution in [3.05, 3.63) is 34.7 Å². The summed E-state index contributed by atoms with van der Waals surface area (Å²) in [7, 11) is -1.71. The van der Waals surface area contributed by atoms with Crippen molar-refractivity contribution in [2.24, 2.45) is 0 Å². The van der Waals surface area contributed by atoms with Gasteiger partial charge < -0.3 is 12.4 Å². The van der Waals surface area contributed by atoms with Crippen LogP contribution in [0.2, 0.25) is 0 Å². The Morgan fingerprint density at radius 2 is 1.78 bits per heavy atom. The fourth-order valence-corrected chi connectivity index (χ4v) is 4.10. The summed E-state index contributed by atoms with van der Waals surface area (Å²) < 4.78 is 39.7. The third-order valence-electron chi connectivity index (χ3n) is 2.90. The first-order valence-corrected chi connectivity index (χ1v) is 6.85. The number of alkyl halides is 3. The maximum absolute atomic E-state index is 13.1. The number of benzene rings is 1. The highest BCUT2D eigenvalue weighted by molar-refractivity contribution is 7.38. The van der Waals surface area contributed by atoms with E-state index in [0.717, 1.165) is 17.4 Å². The fraction of sp³-hybridized carbons (Fsp3) is 0.385. The lowest BCUT2D eigenvalue weighted by Crippen LogP contribution is -3.00. The molecule has 0 fully saturated rings. The topological polar surface area (TPSA) is 0 Å². The molecule has 1 unspecified atom stereocenters. The van der Waals surface area contributed by atoms with Gasteiger partial charge in [0.25, 0.3) is 0 Å². The number of hydrogen-bond donors (Lipinski definition) is 0. The van der Waals surface area contributed by atoms with E-state index in [0.29, 0.717) is 16.0 Å². The molecule has 5 heteroatoms. The van der Waals surface area contributed by atoms with E-state index < -0.39 is 16.0 Å². The molecular weight excluding hydrogens is 281 g/mol. The van der Waals surface area contributed by atoms with Gasteiger partial charge in [0.2, 0.25) is 0 Å². The summed E-state index contributed by atoms with van der Waals surface area (Å²) in [6.07, 6.45) is 1.23. The third-order valence-corrected chi connectivity index (χ3v) is 5.09. The van der Waals surface area contributed by atoms with Gasteiger partial charge in [0.05, 0.1) is 10.5 Å². The van der Waals surface area contributed by atoms with Crippen LogP contribution in [0.5, 0.6) is 0 Å². The fourth-order valence-electron chi connectivity index (χ4n) is 2.12. The van der Waals surface area contributed by atoms with Crippen LogP contribution in [0.15, 0.2) is 24.3 Å². The Balaban J connectivity index is 0.00000162. The maximum atomic E-state index is 13.1. The molecule has 2 aromatic rings. The molecule has 2 rings (SSSR count). The molecule has 0 saturated heterocycles. The van der Waals surface area contributed by atoms with Crippen LogP contribution < -0.4 is 12.4 Å². The SMILES string of the molecule is CCc1cccc2c1cc(CC)[s+]2C(F)(F)F.[Cl-]. The second-order valence-electron chi connectivity index (χ2n) is 3.90. The zero-order valence-corrected chi connectivity index (χ0v) is 11.7. The predicted molar refractivity (Wildman–Crippen MR) is 66.5 cm³/mol. The average Bonchev–Trinajstić information content (AvgIpc) is 2.66. The second-order valence-corrected chi connectivity index (χ2v) is 5.94. The van der Waals surface area contributed by atoms with Crippen LogP contribution in [0.4, 0.5) is 13.2 Å². The molecule has 0 nitrogen and oxygen atoms in total. The molecule has 0 amide bonds. The lowest BCUT2D eigenvalue weighted by atomic mass is 10.1. The van der Waals surface area contributed by atoms with Crippen molar-refractivity contribution in [2.45, 2.75) is 32.2 Å². The number of hydrogen-bond acceptors (Lipinski definition) is 0. The molecule has 0 aliphatic carbocycles. The number of aryl methyl sites for hydroxylation is 2. The van der Waals surface area contributed by atoms with Crippen LogP contribution in [0.3, 0.4) is 0 Å². The van der Waals surface area contributed by atoms with E-state index in [1.54, 1.807) is 25.1 Å². The lowest BCUT2D eigenvalue weighted by molar-refractivity contribution is -0.0867. The molecule has 18 heavy (non-hydrogen) atoms. The molecule has 0 N–H and O–H groups in total. The molecule has 1 aromatic carbocycles. The molecule has 0 radical (unpaired) electrons. The first-order chi connectivity index (χ1) is 7.99. The van der Waals surface area contributed by atoms with E-state index >= 15 is 0 Å². The van der Waals surface area contributed by atoms with E-state index in [4.69, 9.17) is 0 Å². The Morgan fingerprint density at radius 3 is 2.28 bits per heavy atom. The molecule has 0 bridgehead atoms. The Labute approximate surface area is 113 Å². The molecule has 0 aliphatic heterocycles.